The van der Waals surface area contributed by atoms with Crippen LogP contribution in [0, 0.1) is 5.92 Å². The van der Waals surface area contributed by atoms with Crippen molar-refractivity contribution in [3.8, 4) is 0 Å². The predicted molar refractivity (Wildman–Crippen MR) is 72.2 cm³/mol. The molecule has 1 N–H and O–H groups in total. The van der Waals surface area contributed by atoms with Crippen molar-refractivity contribution in [2.24, 2.45) is 5.92 Å². The zero-order valence-corrected chi connectivity index (χ0v) is 11.4. The van der Waals surface area contributed by atoms with Crippen molar-refractivity contribution in [2.75, 3.05) is 13.2 Å². The van der Waals surface area contributed by atoms with Gasteiger partial charge in [-0.3, -0.25) is 0 Å². The molecular weight excluding hydrogens is 210 g/mol. The lowest BCUT2D eigenvalue weighted by Crippen LogP contribution is -2.34. The quantitative estimate of drug-likeness (QED) is 0.716. The summed E-state index contributed by atoms with van der Waals surface area (Å²) in [5.74, 6) is 1.01. The first kappa shape index (κ1) is 13.4. The second kappa shape index (κ2) is 7.38. The van der Waals surface area contributed by atoms with Crippen molar-refractivity contribution >= 4 is 0 Å². The Morgan fingerprint density at radius 1 is 1.12 bits per heavy atom. The summed E-state index contributed by atoms with van der Waals surface area (Å²) in [5.41, 5.74) is 0. The molecule has 0 aromatic heterocycles. The summed E-state index contributed by atoms with van der Waals surface area (Å²) in [7, 11) is 0. The van der Waals surface area contributed by atoms with Crippen LogP contribution >= 0.6 is 0 Å². The lowest BCUT2D eigenvalue weighted by atomic mass is 9.84. The number of hydrogen-bond acceptors (Lipinski definition) is 2. The smallest absolute Gasteiger partial charge is 0.0576 e. The van der Waals surface area contributed by atoms with Crippen LogP contribution in [-0.2, 0) is 4.74 Å². The SMILES string of the molecule is CCC1CCC(NCCCC2CCCO2)CC1. The van der Waals surface area contributed by atoms with Crippen molar-refractivity contribution in [1.82, 2.24) is 5.32 Å². The zero-order chi connectivity index (χ0) is 11.9. The fourth-order valence-electron chi connectivity index (χ4n) is 3.28. The summed E-state index contributed by atoms with van der Waals surface area (Å²) in [6.07, 6.45) is 12.8. The molecule has 0 aromatic rings. The van der Waals surface area contributed by atoms with Crippen LogP contribution in [0.5, 0.6) is 0 Å². The summed E-state index contributed by atoms with van der Waals surface area (Å²) in [6.45, 7) is 4.53. The lowest BCUT2D eigenvalue weighted by Gasteiger charge is -2.28. The average Bonchev–Trinajstić information content (AvgIpc) is 2.88. The molecule has 1 heterocycles. The van der Waals surface area contributed by atoms with Gasteiger partial charge in [0.2, 0.25) is 0 Å². The van der Waals surface area contributed by atoms with Gasteiger partial charge >= 0.3 is 0 Å². The Kier molecular flexibility index (Phi) is 5.79. The zero-order valence-electron chi connectivity index (χ0n) is 11.4. The standard InChI is InChI=1S/C15H29NO/c1-2-13-7-9-14(10-8-13)16-11-3-5-15-6-4-12-17-15/h13-16H,2-12H2,1H3. The van der Waals surface area contributed by atoms with Gasteiger partial charge in [-0.25, -0.2) is 0 Å². The van der Waals surface area contributed by atoms with Crippen LogP contribution in [0.15, 0.2) is 0 Å². The monoisotopic (exact) mass is 239 g/mol. The molecule has 1 saturated carbocycles. The summed E-state index contributed by atoms with van der Waals surface area (Å²) in [5, 5.41) is 3.73. The maximum atomic E-state index is 5.65. The van der Waals surface area contributed by atoms with Crippen molar-refractivity contribution in [1.29, 1.82) is 0 Å². The highest BCUT2D eigenvalue weighted by molar-refractivity contribution is 4.76. The maximum Gasteiger partial charge on any atom is 0.0576 e. The Morgan fingerprint density at radius 3 is 2.59 bits per heavy atom. The van der Waals surface area contributed by atoms with E-state index in [1.807, 2.05) is 0 Å². The molecule has 0 radical (unpaired) electrons. The van der Waals surface area contributed by atoms with E-state index in [4.69, 9.17) is 4.74 Å². The first-order valence-corrected chi connectivity index (χ1v) is 7.73. The number of ether oxygens (including phenoxy) is 1. The minimum atomic E-state index is 0.577. The van der Waals surface area contributed by atoms with Gasteiger partial charge in [0.05, 0.1) is 6.10 Å². The molecule has 0 amide bonds. The minimum Gasteiger partial charge on any atom is -0.378 e. The van der Waals surface area contributed by atoms with Gasteiger partial charge < -0.3 is 10.1 Å². The first-order chi connectivity index (χ1) is 8.38. The van der Waals surface area contributed by atoms with Gasteiger partial charge in [-0.15, -0.1) is 0 Å². The van der Waals surface area contributed by atoms with Crippen LogP contribution in [0.2, 0.25) is 0 Å². The number of rotatable bonds is 6. The maximum absolute atomic E-state index is 5.65. The van der Waals surface area contributed by atoms with Crippen LogP contribution in [0.4, 0.5) is 0 Å². The van der Waals surface area contributed by atoms with Crippen molar-refractivity contribution in [3.63, 3.8) is 0 Å². The van der Waals surface area contributed by atoms with Gasteiger partial charge in [0.15, 0.2) is 0 Å². The normalized spacial score (nSPS) is 34.1. The second-order valence-corrected chi connectivity index (χ2v) is 5.86. The van der Waals surface area contributed by atoms with E-state index in [1.54, 1.807) is 0 Å². The second-order valence-electron chi connectivity index (χ2n) is 5.86. The average molecular weight is 239 g/mol. The summed E-state index contributed by atoms with van der Waals surface area (Å²) < 4.78 is 5.65. The molecule has 1 unspecified atom stereocenters. The number of nitrogens with one attached hydrogen (secondary N) is 1. The lowest BCUT2D eigenvalue weighted by molar-refractivity contribution is 0.102. The van der Waals surface area contributed by atoms with E-state index in [2.05, 4.69) is 12.2 Å². The van der Waals surface area contributed by atoms with Crippen molar-refractivity contribution < 1.29 is 4.74 Å². The molecule has 1 aliphatic heterocycles. The van der Waals surface area contributed by atoms with E-state index >= 15 is 0 Å². The van der Waals surface area contributed by atoms with E-state index in [9.17, 15) is 0 Å². The highest BCUT2D eigenvalue weighted by Gasteiger charge is 2.19. The largest absolute Gasteiger partial charge is 0.378 e. The van der Waals surface area contributed by atoms with Crippen molar-refractivity contribution in [3.05, 3.63) is 0 Å². The molecule has 1 aliphatic carbocycles. The Balaban J connectivity index is 1.48. The fraction of sp³-hybridized carbons (Fsp3) is 1.00. The predicted octanol–water partition coefficient (Wildman–Crippen LogP) is 3.50. The molecule has 1 atom stereocenters. The Morgan fingerprint density at radius 2 is 1.94 bits per heavy atom. The summed E-state index contributed by atoms with van der Waals surface area (Å²) in [4.78, 5) is 0. The molecule has 2 heteroatoms. The Bertz CT molecular complexity index is 193. The van der Waals surface area contributed by atoms with E-state index in [0.717, 1.165) is 18.6 Å². The highest BCUT2D eigenvalue weighted by atomic mass is 16.5. The third-order valence-corrected chi connectivity index (χ3v) is 4.58. The molecule has 2 fully saturated rings. The van der Waals surface area contributed by atoms with E-state index in [1.165, 1.54) is 64.3 Å². The van der Waals surface area contributed by atoms with Gasteiger partial charge in [-0.1, -0.05) is 13.3 Å². The summed E-state index contributed by atoms with van der Waals surface area (Å²) >= 11 is 0. The van der Waals surface area contributed by atoms with Gasteiger partial charge in [0.25, 0.3) is 0 Å². The molecule has 0 bridgehead atoms. The third kappa shape index (κ3) is 4.59. The topological polar surface area (TPSA) is 21.3 Å². The van der Waals surface area contributed by atoms with Gasteiger partial charge in [0, 0.05) is 12.6 Å². The fourth-order valence-corrected chi connectivity index (χ4v) is 3.28. The molecule has 1 saturated heterocycles. The van der Waals surface area contributed by atoms with Crippen LogP contribution in [0.3, 0.4) is 0 Å². The van der Waals surface area contributed by atoms with Crippen LogP contribution in [0.25, 0.3) is 0 Å². The molecule has 100 valence electrons. The van der Waals surface area contributed by atoms with Gasteiger partial charge in [0.1, 0.15) is 0 Å². The summed E-state index contributed by atoms with van der Waals surface area (Å²) in [6, 6.07) is 0.808. The minimum absolute atomic E-state index is 0.577. The van der Waals surface area contributed by atoms with Crippen molar-refractivity contribution in [2.45, 2.75) is 76.9 Å². The Hall–Kier alpha value is -0.0800. The van der Waals surface area contributed by atoms with Crippen LogP contribution in [0.1, 0.15) is 64.7 Å². The molecule has 2 nitrogen and oxygen atoms in total. The third-order valence-electron chi connectivity index (χ3n) is 4.58. The molecule has 2 aliphatic rings. The highest BCUT2D eigenvalue weighted by Crippen LogP contribution is 2.26. The molecule has 2 rings (SSSR count). The van der Waals surface area contributed by atoms with Gasteiger partial charge in [-0.05, 0) is 63.8 Å². The van der Waals surface area contributed by atoms with E-state index < -0.39 is 0 Å². The van der Waals surface area contributed by atoms with E-state index in [0.29, 0.717) is 6.10 Å². The van der Waals surface area contributed by atoms with Crippen LogP contribution < -0.4 is 5.32 Å². The number of hydrogen-bond donors (Lipinski definition) is 1. The van der Waals surface area contributed by atoms with Gasteiger partial charge in [-0.2, -0.15) is 0 Å². The molecule has 17 heavy (non-hydrogen) atoms. The van der Waals surface area contributed by atoms with Crippen LogP contribution in [-0.4, -0.2) is 25.3 Å². The molecule has 0 aromatic carbocycles. The molecule has 0 spiro atoms. The van der Waals surface area contributed by atoms with E-state index in [-0.39, 0.29) is 0 Å². The molecular formula is C15H29NO. The first-order valence-electron chi connectivity index (χ1n) is 7.73. The Labute approximate surface area is 107 Å².